The van der Waals surface area contributed by atoms with Crippen LogP contribution in [0.3, 0.4) is 0 Å². The Morgan fingerprint density at radius 1 is 1.12 bits per heavy atom. The summed E-state index contributed by atoms with van der Waals surface area (Å²) in [7, 11) is 0. The molecule has 2 amide bonds. The second-order valence-corrected chi connectivity index (χ2v) is 9.21. The van der Waals surface area contributed by atoms with Crippen molar-refractivity contribution in [3.05, 3.63) is 75.8 Å². The molecular weight excluding hydrogens is 453 g/mol. The fourth-order valence-corrected chi connectivity index (χ4v) is 5.71. The molecule has 2 N–H and O–H groups in total. The third kappa shape index (κ3) is 4.64. The number of carbonyl (C=O) groups excluding carboxylic acids is 2. The van der Waals surface area contributed by atoms with Gasteiger partial charge in [-0.15, -0.1) is 0 Å². The Kier molecular flexibility index (Phi) is 6.27. The molecule has 4 rings (SSSR count). The van der Waals surface area contributed by atoms with Gasteiger partial charge in [-0.3, -0.25) is 9.59 Å². The van der Waals surface area contributed by atoms with E-state index in [9.17, 15) is 22.8 Å². The number of nitrogens with zero attached hydrogens (tertiary/aromatic N) is 1. The van der Waals surface area contributed by atoms with E-state index in [-0.39, 0.29) is 35.1 Å². The smallest absolute Gasteiger partial charge is 0.370 e. The molecule has 1 atom stereocenters. The van der Waals surface area contributed by atoms with Gasteiger partial charge >= 0.3 is 6.18 Å². The number of amides is 2. The van der Waals surface area contributed by atoms with Crippen LogP contribution < -0.4 is 5.73 Å². The van der Waals surface area contributed by atoms with E-state index < -0.39 is 11.7 Å². The summed E-state index contributed by atoms with van der Waals surface area (Å²) in [6.45, 7) is 0.913. The first-order valence-corrected chi connectivity index (χ1v) is 11.2. The molecule has 1 saturated heterocycles. The number of nitrogens with two attached hydrogens (primary N) is 1. The molecule has 2 aliphatic rings. The lowest BCUT2D eigenvalue weighted by Crippen LogP contribution is -2.44. The van der Waals surface area contributed by atoms with E-state index >= 15 is 0 Å². The largest absolute Gasteiger partial charge is 0.416 e. The predicted molar refractivity (Wildman–Crippen MR) is 121 cm³/mol. The van der Waals surface area contributed by atoms with E-state index in [1.165, 1.54) is 30.4 Å². The monoisotopic (exact) mass is 476 g/mol. The standard InChI is InChI=1S/C25H24ClF3N2O2/c26-20-7-3-5-18-17(14-21(30)32)15-24(23(18)20)10-12-31(13-11-24)22(33)9-8-16-4-1-2-6-19(16)25(27,28)29/h1-9,17H,10-15H2,(H2,30,32). The molecule has 1 aliphatic carbocycles. The zero-order valence-electron chi connectivity index (χ0n) is 17.9. The summed E-state index contributed by atoms with van der Waals surface area (Å²) in [6, 6.07) is 10.9. The molecule has 2 aromatic rings. The van der Waals surface area contributed by atoms with Crippen LogP contribution in [-0.4, -0.2) is 29.8 Å². The highest BCUT2D eigenvalue weighted by Crippen LogP contribution is 2.54. The third-order valence-corrected chi connectivity index (χ3v) is 7.12. The maximum Gasteiger partial charge on any atom is 0.416 e. The number of likely N-dealkylation sites (tertiary alicyclic amines) is 1. The lowest BCUT2D eigenvalue weighted by molar-refractivity contribution is -0.137. The SMILES string of the molecule is NC(=O)CC1CC2(CCN(C(=O)C=Cc3ccccc3C(F)(F)F)CC2)c2c(Cl)cccc21. The minimum absolute atomic E-state index is 0.00258. The lowest BCUT2D eigenvalue weighted by atomic mass is 9.73. The van der Waals surface area contributed by atoms with Crippen molar-refractivity contribution < 1.29 is 22.8 Å². The van der Waals surface area contributed by atoms with Gasteiger partial charge in [-0.1, -0.05) is 41.9 Å². The van der Waals surface area contributed by atoms with Gasteiger partial charge in [0.2, 0.25) is 11.8 Å². The molecule has 1 spiro atoms. The Morgan fingerprint density at radius 2 is 1.82 bits per heavy atom. The molecule has 2 aromatic carbocycles. The van der Waals surface area contributed by atoms with Crippen molar-refractivity contribution in [3.63, 3.8) is 0 Å². The summed E-state index contributed by atoms with van der Waals surface area (Å²) in [5.41, 5.74) is 6.49. The maximum atomic E-state index is 13.2. The van der Waals surface area contributed by atoms with Crippen molar-refractivity contribution in [2.75, 3.05) is 13.1 Å². The average molecular weight is 477 g/mol. The Morgan fingerprint density at radius 3 is 2.48 bits per heavy atom. The van der Waals surface area contributed by atoms with E-state index in [0.29, 0.717) is 31.0 Å². The Labute approximate surface area is 195 Å². The topological polar surface area (TPSA) is 63.4 Å². The van der Waals surface area contributed by atoms with E-state index in [1.54, 1.807) is 4.90 Å². The summed E-state index contributed by atoms with van der Waals surface area (Å²) in [5.74, 6) is -0.690. The summed E-state index contributed by atoms with van der Waals surface area (Å²) in [6.07, 6.45) is 0.257. The molecule has 1 aliphatic heterocycles. The highest BCUT2D eigenvalue weighted by Gasteiger charge is 2.47. The molecule has 0 saturated carbocycles. The van der Waals surface area contributed by atoms with Crippen LogP contribution in [-0.2, 0) is 21.2 Å². The molecule has 0 radical (unpaired) electrons. The maximum absolute atomic E-state index is 13.2. The first kappa shape index (κ1) is 23.4. The zero-order valence-corrected chi connectivity index (χ0v) is 18.6. The predicted octanol–water partition coefficient (Wildman–Crippen LogP) is 5.30. The lowest BCUT2D eigenvalue weighted by Gasteiger charge is -2.40. The van der Waals surface area contributed by atoms with Gasteiger partial charge in [0.15, 0.2) is 0 Å². The van der Waals surface area contributed by atoms with Crippen LogP contribution in [0.25, 0.3) is 6.08 Å². The van der Waals surface area contributed by atoms with Gasteiger partial charge in [0.05, 0.1) is 5.56 Å². The fraction of sp³-hybridized carbons (Fsp3) is 0.360. The average Bonchev–Trinajstić information content (AvgIpc) is 3.05. The van der Waals surface area contributed by atoms with Gasteiger partial charge in [-0.2, -0.15) is 13.2 Å². The zero-order chi connectivity index (χ0) is 23.8. The van der Waals surface area contributed by atoms with Gasteiger partial charge in [0.25, 0.3) is 0 Å². The van der Waals surface area contributed by atoms with E-state index in [0.717, 1.165) is 23.6 Å². The van der Waals surface area contributed by atoms with Crippen LogP contribution in [0.5, 0.6) is 0 Å². The normalized spacial score (nSPS) is 19.8. The number of hydrogen-bond acceptors (Lipinski definition) is 2. The van der Waals surface area contributed by atoms with Crippen LogP contribution >= 0.6 is 11.6 Å². The van der Waals surface area contributed by atoms with Gasteiger partial charge < -0.3 is 10.6 Å². The minimum atomic E-state index is -4.49. The molecule has 0 bridgehead atoms. The van der Waals surface area contributed by atoms with Crippen molar-refractivity contribution in [1.29, 1.82) is 0 Å². The number of piperidine rings is 1. The number of rotatable bonds is 4. The van der Waals surface area contributed by atoms with Crippen LogP contribution in [0.15, 0.2) is 48.5 Å². The van der Waals surface area contributed by atoms with Crippen molar-refractivity contribution in [2.24, 2.45) is 5.73 Å². The molecule has 33 heavy (non-hydrogen) atoms. The molecule has 1 heterocycles. The number of hydrogen-bond donors (Lipinski definition) is 1. The molecule has 0 aromatic heterocycles. The van der Waals surface area contributed by atoms with Crippen molar-refractivity contribution in [2.45, 2.75) is 43.2 Å². The number of fused-ring (bicyclic) bond motifs is 2. The summed E-state index contributed by atoms with van der Waals surface area (Å²) < 4.78 is 39.6. The molecule has 4 nitrogen and oxygen atoms in total. The number of halogens is 4. The summed E-state index contributed by atoms with van der Waals surface area (Å²) in [5, 5.41) is 0.655. The fourth-order valence-electron chi connectivity index (χ4n) is 5.33. The highest BCUT2D eigenvalue weighted by atomic mass is 35.5. The van der Waals surface area contributed by atoms with Crippen LogP contribution in [0, 0.1) is 0 Å². The second-order valence-electron chi connectivity index (χ2n) is 8.80. The number of alkyl halides is 3. The second kappa shape index (κ2) is 8.86. The first-order chi connectivity index (χ1) is 15.6. The van der Waals surface area contributed by atoms with Crippen LogP contribution in [0.4, 0.5) is 13.2 Å². The quantitative estimate of drug-likeness (QED) is 0.609. The molecule has 174 valence electrons. The van der Waals surface area contributed by atoms with Gasteiger partial charge in [-0.25, -0.2) is 0 Å². The molecular formula is C25H24ClF3N2O2. The number of carbonyl (C=O) groups is 2. The number of primary amides is 1. The van der Waals surface area contributed by atoms with Gasteiger partial charge in [0, 0.05) is 36.0 Å². The Balaban J connectivity index is 1.49. The third-order valence-electron chi connectivity index (χ3n) is 6.80. The van der Waals surface area contributed by atoms with E-state index in [1.807, 2.05) is 18.2 Å². The Bertz CT molecular complexity index is 1110. The molecule has 1 fully saturated rings. The van der Waals surface area contributed by atoms with E-state index in [2.05, 4.69) is 0 Å². The van der Waals surface area contributed by atoms with Crippen molar-refractivity contribution in [1.82, 2.24) is 4.90 Å². The molecule has 1 unspecified atom stereocenters. The number of benzene rings is 2. The van der Waals surface area contributed by atoms with Crippen LogP contribution in [0.2, 0.25) is 5.02 Å². The van der Waals surface area contributed by atoms with Gasteiger partial charge in [-0.05, 0) is 60.1 Å². The van der Waals surface area contributed by atoms with Crippen LogP contribution in [0.1, 0.15) is 53.9 Å². The minimum Gasteiger partial charge on any atom is -0.370 e. The first-order valence-electron chi connectivity index (χ1n) is 10.8. The van der Waals surface area contributed by atoms with Crippen molar-refractivity contribution >= 4 is 29.5 Å². The van der Waals surface area contributed by atoms with Crippen molar-refractivity contribution in [3.8, 4) is 0 Å². The summed E-state index contributed by atoms with van der Waals surface area (Å²) in [4.78, 5) is 26.0. The Hall–Kier alpha value is -2.80. The highest BCUT2D eigenvalue weighted by molar-refractivity contribution is 6.31. The van der Waals surface area contributed by atoms with E-state index in [4.69, 9.17) is 17.3 Å². The summed E-state index contributed by atoms with van der Waals surface area (Å²) >= 11 is 6.56. The van der Waals surface area contributed by atoms with Gasteiger partial charge in [0.1, 0.15) is 0 Å². The molecule has 8 heteroatoms.